The number of phosphoric ester groups is 1. The molecule has 0 aliphatic carbocycles. The van der Waals surface area contributed by atoms with E-state index in [1.165, 1.54) is 173 Å². The number of rotatable bonds is 41. The smallest absolute Gasteiger partial charge is 0.458 e. The van der Waals surface area contributed by atoms with Gasteiger partial charge in [0.25, 0.3) is 0 Å². The molecule has 9 heteroatoms. The Bertz CT molecular complexity index is 915. The molecule has 0 spiro atoms. The van der Waals surface area contributed by atoms with Gasteiger partial charge in [-0.2, -0.15) is 0 Å². The van der Waals surface area contributed by atoms with E-state index < -0.39 is 32.5 Å². The lowest BCUT2D eigenvalue weighted by atomic mass is 10.0. The van der Waals surface area contributed by atoms with Crippen molar-refractivity contribution < 1.29 is 37.9 Å². The third-order valence-electron chi connectivity index (χ3n) is 9.83. The Labute approximate surface area is 326 Å². The minimum atomic E-state index is -4.77. The first-order valence-electron chi connectivity index (χ1n) is 22.2. The molecular formula is C44H83O8P. The zero-order chi connectivity index (χ0) is 38.9. The van der Waals surface area contributed by atoms with Crippen LogP contribution in [0, 0.1) is 0 Å². The van der Waals surface area contributed by atoms with Crippen molar-refractivity contribution in [3.63, 3.8) is 0 Å². The first kappa shape index (κ1) is 51.5. The normalized spacial score (nSPS) is 12.6. The summed E-state index contributed by atoms with van der Waals surface area (Å²) in [6.07, 6.45) is 46.8. The molecule has 0 saturated carbocycles. The van der Waals surface area contributed by atoms with Crippen LogP contribution < -0.4 is 0 Å². The number of ether oxygens (including phenoxy) is 2. The van der Waals surface area contributed by atoms with E-state index in [1.807, 2.05) is 12.2 Å². The van der Waals surface area contributed by atoms with E-state index in [2.05, 4.69) is 18.4 Å². The van der Waals surface area contributed by atoms with Crippen molar-refractivity contribution in [3.05, 3.63) is 24.3 Å². The van der Waals surface area contributed by atoms with Crippen LogP contribution >= 0.6 is 7.82 Å². The van der Waals surface area contributed by atoms with Crippen molar-refractivity contribution in [2.75, 3.05) is 13.2 Å². The molecule has 0 aliphatic rings. The van der Waals surface area contributed by atoms with Crippen LogP contribution in [0.3, 0.4) is 0 Å². The summed E-state index contributed by atoms with van der Waals surface area (Å²) < 4.78 is 26.2. The van der Waals surface area contributed by atoms with Gasteiger partial charge in [-0.3, -0.25) is 9.32 Å². The first-order chi connectivity index (χ1) is 25.8. The Kier molecular flexibility index (Phi) is 39.1. The lowest BCUT2D eigenvalue weighted by Gasteiger charge is -2.18. The third-order valence-corrected chi connectivity index (χ3v) is 10.3. The average Bonchev–Trinajstić information content (AvgIpc) is 3.13. The number of hydrogen-bond acceptors (Lipinski definition) is 6. The molecule has 0 aromatic heterocycles. The summed E-state index contributed by atoms with van der Waals surface area (Å²) in [6, 6.07) is 0. The van der Waals surface area contributed by atoms with E-state index in [0.717, 1.165) is 32.1 Å². The molecule has 0 radical (unpaired) electrons. The number of carbonyl (C=O) groups excluding carboxylic acids is 2. The summed E-state index contributed by atoms with van der Waals surface area (Å²) in [5.41, 5.74) is 0. The maximum Gasteiger partial charge on any atom is 0.469 e. The van der Waals surface area contributed by atoms with Crippen LogP contribution in [0.5, 0.6) is 0 Å². The van der Waals surface area contributed by atoms with Gasteiger partial charge < -0.3 is 19.3 Å². The van der Waals surface area contributed by atoms with Crippen LogP contribution in [0.15, 0.2) is 24.3 Å². The van der Waals surface area contributed by atoms with Gasteiger partial charge in [0, 0.05) is 12.5 Å². The first-order valence-corrected chi connectivity index (χ1v) is 23.7. The second-order valence-corrected chi connectivity index (χ2v) is 16.3. The summed E-state index contributed by atoms with van der Waals surface area (Å²) in [5, 5.41) is 0. The number of phosphoric acid groups is 1. The highest BCUT2D eigenvalue weighted by Gasteiger charge is 2.22. The Morgan fingerprint density at radius 3 is 1.30 bits per heavy atom. The van der Waals surface area contributed by atoms with Gasteiger partial charge in [-0.1, -0.05) is 218 Å². The SMILES string of the molecule is CCCCCCCCCCCCC/C=C/C=C/C(=O)OC[C@H](COP(=O)(O)O)OC(=O)CCCCCCCCCCCCCCCCCCCCCC. The lowest BCUT2D eigenvalue weighted by molar-refractivity contribution is -0.159. The van der Waals surface area contributed by atoms with Crippen molar-refractivity contribution in [2.24, 2.45) is 0 Å². The summed E-state index contributed by atoms with van der Waals surface area (Å²) in [5.74, 6) is -1.13. The fourth-order valence-electron chi connectivity index (χ4n) is 6.52. The Morgan fingerprint density at radius 2 is 0.906 bits per heavy atom. The van der Waals surface area contributed by atoms with Gasteiger partial charge in [0.05, 0.1) is 6.61 Å². The lowest BCUT2D eigenvalue weighted by Crippen LogP contribution is -2.29. The fraction of sp³-hybridized carbons (Fsp3) is 0.864. The predicted molar refractivity (Wildman–Crippen MR) is 221 cm³/mol. The minimum Gasteiger partial charge on any atom is -0.458 e. The molecule has 1 atom stereocenters. The van der Waals surface area contributed by atoms with Gasteiger partial charge in [-0.05, 0) is 19.3 Å². The molecule has 8 nitrogen and oxygen atoms in total. The molecule has 0 aliphatic heterocycles. The summed E-state index contributed by atoms with van der Waals surface area (Å²) >= 11 is 0. The molecule has 0 unspecified atom stereocenters. The Morgan fingerprint density at radius 1 is 0.528 bits per heavy atom. The van der Waals surface area contributed by atoms with Crippen LogP contribution in [0.25, 0.3) is 0 Å². The summed E-state index contributed by atoms with van der Waals surface area (Å²) in [6.45, 7) is 3.61. The second-order valence-electron chi connectivity index (χ2n) is 15.1. The average molecular weight is 771 g/mol. The highest BCUT2D eigenvalue weighted by atomic mass is 31.2. The van der Waals surface area contributed by atoms with Crippen molar-refractivity contribution in [1.29, 1.82) is 0 Å². The fourth-order valence-corrected chi connectivity index (χ4v) is 6.88. The zero-order valence-corrected chi connectivity index (χ0v) is 35.3. The van der Waals surface area contributed by atoms with Crippen molar-refractivity contribution >= 4 is 19.8 Å². The monoisotopic (exact) mass is 771 g/mol. The molecule has 0 amide bonds. The molecular weight excluding hydrogens is 687 g/mol. The molecule has 0 fully saturated rings. The van der Waals surface area contributed by atoms with Crippen LogP contribution in [0.1, 0.15) is 226 Å². The Balaban J connectivity index is 3.92. The molecule has 0 bridgehead atoms. The quantitative estimate of drug-likeness (QED) is 0.0207. The molecule has 0 saturated heterocycles. The van der Waals surface area contributed by atoms with E-state index in [9.17, 15) is 14.2 Å². The van der Waals surface area contributed by atoms with Crippen molar-refractivity contribution in [1.82, 2.24) is 0 Å². The number of esters is 2. The molecule has 0 heterocycles. The largest absolute Gasteiger partial charge is 0.469 e. The van der Waals surface area contributed by atoms with Crippen LogP contribution in [-0.2, 0) is 28.2 Å². The number of hydrogen-bond donors (Lipinski definition) is 2. The van der Waals surface area contributed by atoms with Gasteiger partial charge in [-0.15, -0.1) is 0 Å². The minimum absolute atomic E-state index is 0.198. The van der Waals surface area contributed by atoms with Gasteiger partial charge in [0.15, 0.2) is 6.10 Å². The molecule has 0 rings (SSSR count). The maximum atomic E-state index is 12.4. The summed E-state index contributed by atoms with van der Waals surface area (Å²) in [7, 11) is -4.77. The van der Waals surface area contributed by atoms with Crippen molar-refractivity contribution in [2.45, 2.75) is 232 Å². The highest BCUT2D eigenvalue weighted by Crippen LogP contribution is 2.36. The molecule has 0 aromatic rings. The maximum absolute atomic E-state index is 12.4. The number of unbranched alkanes of at least 4 members (excludes halogenated alkanes) is 30. The zero-order valence-electron chi connectivity index (χ0n) is 34.4. The van der Waals surface area contributed by atoms with Gasteiger partial charge in [-0.25, -0.2) is 9.36 Å². The Hall–Kier alpha value is -1.47. The second kappa shape index (κ2) is 40.2. The third kappa shape index (κ3) is 43.1. The number of carbonyl (C=O) groups is 2. The molecule has 53 heavy (non-hydrogen) atoms. The van der Waals surface area contributed by atoms with E-state index in [-0.39, 0.29) is 13.0 Å². The van der Waals surface area contributed by atoms with Gasteiger partial charge in [0.1, 0.15) is 6.61 Å². The topological polar surface area (TPSA) is 119 Å². The summed E-state index contributed by atoms with van der Waals surface area (Å²) in [4.78, 5) is 42.7. The van der Waals surface area contributed by atoms with E-state index >= 15 is 0 Å². The van der Waals surface area contributed by atoms with E-state index in [0.29, 0.717) is 6.42 Å². The number of allylic oxidation sites excluding steroid dienone is 3. The highest BCUT2D eigenvalue weighted by molar-refractivity contribution is 7.46. The van der Waals surface area contributed by atoms with Crippen LogP contribution in [0.4, 0.5) is 0 Å². The molecule has 2 N–H and O–H groups in total. The standard InChI is InChI=1S/C44H83O8P/c1-3-5-7-9-11-13-15-17-19-20-21-22-23-25-27-29-31-33-35-37-39-44(46)52-42(41-51-53(47,48)49)40-50-43(45)38-36-34-32-30-28-26-24-18-16-14-12-10-8-6-4-2/h32,34,36,38,42H,3-31,33,35,37,39-41H2,1-2H3,(H2,47,48,49)/b34-32+,38-36+/t42-/m1/s1. The van der Waals surface area contributed by atoms with E-state index in [4.69, 9.17) is 19.3 Å². The van der Waals surface area contributed by atoms with Crippen LogP contribution in [-0.4, -0.2) is 41.0 Å². The van der Waals surface area contributed by atoms with E-state index in [1.54, 1.807) is 6.08 Å². The van der Waals surface area contributed by atoms with Crippen molar-refractivity contribution in [3.8, 4) is 0 Å². The predicted octanol–water partition coefficient (Wildman–Crippen LogP) is 13.6. The van der Waals surface area contributed by atoms with Gasteiger partial charge in [0.2, 0.25) is 0 Å². The van der Waals surface area contributed by atoms with Crippen LogP contribution in [0.2, 0.25) is 0 Å². The molecule has 0 aromatic carbocycles. The van der Waals surface area contributed by atoms with Gasteiger partial charge >= 0.3 is 19.8 Å². The molecule has 312 valence electrons.